The Hall–Kier alpha value is -2.05. The topological polar surface area (TPSA) is 44.3 Å². The summed E-state index contributed by atoms with van der Waals surface area (Å²) in [4.78, 5) is 0. The van der Waals surface area contributed by atoms with Gasteiger partial charge in [0, 0.05) is 18.3 Å². The highest BCUT2D eigenvalue weighted by molar-refractivity contribution is 5.59. The van der Waals surface area contributed by atoms with Crippen LogP contribution in [0.2, 0.25) is 0 Å². The average molecular weight is 390 g/mol. The lowest BCUT2D eigenvalue weighted by Gasteiger charge is -2.38. The van der Waals surface area contributed by atoms with E-state index < -0.39 is 11.7 Å². The Balaban J connectivity index is 1.67. The van der Waals surface area contributed by atoms with Crippen LogP contribution in [0.4, 0.5) is 18.9 Å². The largest absolute Gasteiger partial charge is 0.416 e. The van der Waals surface area contributed by atoms with Gasteiger partial charge in [-0.1, -0.05) is 30.3 Å². The molecular weight excluding hydrogens is 365 g/mol. The van der Waals surface area contributed by atoms with E-state index in [0.717, 1.165) is 30.6 Å². The van der Waals surface area contributed by atoms with E-state index in [4.69, 9.17) is 5.11 Å². The smallest absolute Gasteiger partial charge is 0.396 e. The molecule has 150 valence electrons. The minimum atomic E-state index is -4.34. The summed E-state index contributed by atoms with van der Waals surface area (Å²) in [5, 5.41) is 16.0. The predicted molar refractivity (Wildman–Crippen MR) is 103 cm³/mol. The first-order valence-electron chi connectivity index (χ1n) is 9.84. The van der Waals surface area contributed by atoms with Crippen LogP contribution in [-0.2, 0) is 6.18 Å². The summed E-state index contributed by atoms with van der Waals surface area (Å²) in [6.07, 6.45) is -1.94. The third kappa shape index (κ3) is 3.76. The van der Waals surface area contributed by atoms with E-state index in [1.165, 1.54) is 17.7 Å². The van der Waals surface area contributed by atoms with E-state index in [1.54, 1.807) is 6.07 Å². The van der Waals surface area contributed by atoms with Gasteiger partial charge in [-0.2, -0.15) is 13.2 Å². The van der Waals surface area contributed by atoms with Crippen molar-refractivity contribution in [3.8, 4) is 0 Å². The van der Waals surface area contributed by atoms with E-state index in [2.05, 4.69) is 22.8 Å². The van der Waals surface area contributed by atoms with Gasteiger partial charge in [0.2, 0.25) is 0 Å². The molecule has 0 saturated heterocycles. The molecule has 2 aromatic carbocycles. The molecule has 1 fully saturated rings. The number of benzene rings is 2. The number of rotatable bonds is 5. The fourth-order valence-electron chi connectivity index (χ4n) is 4.79. The molecule has 0 spiro atoms. The van der Waals surface area contributed by atoms with Gasteiger partial charge in [0.15, 0.2) is 0 Å². The molecule has 1 heterocycles. The number of hydrogen-bond acceptors (Lipinski definition) is 3. The molecule has 0 radical (unpaired) electrons. The second-order valence-corrected chi connectivity index (χ2v) is 7.80. The lowest BCUT2D eigenvalue weighted by atomic mass is 9.77. The number of anilines is 1. The fraction of sp³-hybridized carbons (Fsp3) is 0.455. The van der Waals surface area contributed by atoms with Gasteiger partial charge in [-0.15, -0.1) is 0 Å². The minimum absolute atomic E-state index is 0.0791. The molecule has 28 heavy (non-hydrogen) atoms. The summed E-state index contributed by atoms with van der Waals surface area (Å²) >= 11 is 0. The van der Waals surface area contributed by atoms with Gasteiger partial charge < -0.3 is 15.7 Å². The number of halogens is 3. The molecule has 3 N–H and O–H groups in total. The van der Waals surface area contributed by atoms with Crippen LogP contribution < -0.4 is 10.6 Å². The Kier molecular flexibility index (Phi) is 5.34. The van der Waals surface area contributed by atoms with Gasteiger partial charge in [-0.05, 0) is 67.0 Å². The van der Waals surface area contributed by atoms with Gasteiger partial charge in [-0.25, -0.2) is 0 Å². The van der Waals surface area contributed by atoms with Crippen molar-refractivity contribution in [1.29, 1.82) is 0 Å². The molecule has 4 rings (SSSR count). The number of alkyl halides is 3. The minimum Gasteiger partial charge on any atom is -0.396 e. The van der Waals surface area contributed by atoms with E-state index in [1.807, 2.05) is 18.2 Å². The zero-order valence-corrected chi connectivity index (χ0v) is 15.5. The van der Waals surface area contributed by atoms with Crippen LogP contribution >= 0.6 is 0 Å². The SMILES string of the molecule is OCCCN[C@H]1C[C@@H]2[C@H](C1)c1cc(C(F)(F)F)ccc1N[C@H]2c1ccccc1. The summed E-state index contributed by atoms with van der Waals surface area (Å²) in [5.41, 5.74) is 2.17. The molecule has 0 bridgehead atoms. The van der Waals surface area contributed by atoms with Crippen molar-refractivity contribution in [2.45, 2.75) is 43.4 Å². The van der Waals surface area contributed by atoms with Gasteiger partial charge in [-0.3, -0.25) is 0 Å². The summed E-state index contributed by atoms with van der Waals surface area (Å²) in [6, 6.07) is 14.5. The molecule has 4 atom stereocenters. The standard InChI is InChI=1S/C22H25F3N2O/c23-22(24,25)15-7-8-20-18(11-15)17-12-16(26-9-4-10-28)13-19(17)21(27-20)14-5-2-1-3-6-14/h1-3,5-8,11,16-17,19,21,26-28H,4,9-10,12-13H2/t16-,17-,19-,21+/m1/s1. The molecule has 1 aliphatic heterocycles. The highest BCUT2D eigenvalue weighted by atomic mass is 19.4. The van der Waals surface area contributed by atoms with Gasteiger partial charge >= 0.3 is 6.18 Å². The molecule has 0 unspecified atom stereocenters. The lowest BCUT2D eigenvalue weighted by Crippen LogP contribution is -2.30. The molecule has 2 aromatic rings. The Morgan fingerprint density at radius 1 is 1.07 bits per heavy atom. The second-order valence-electron chi connectivity index (χ2n) is 7.80. The normalized spacial score (nSPS) is 26.4. The van der Waals surface area contributed by atoms with Crippen molar-refractivity contribution < 1.29 is 18.3 Å². The first-order valence-corrected chi connectivity index (χ1v) is 9.84. The maximum Gasteiger partial charge on any atom is 0.416 e. The zero-order chi connectivity index (χ0) is 19.7. The first kappa shape index (κ1) is 19.3. The quantitative estimate of drug-likeness (QED) is 0.648. The van der Waals surface area contributed by atoms with Crippen LogP contribution in [-0.4, -0.2) is 24.3 Å². The number of aliphatic hydroxyl groups is 1. The van der Waals surface area contributed by atoms with Crippen molar-refractivity contribution >= 4 is 5.69 Å². The van der Waals surface area contributed by atoms with E-state index in [-0.39, 0.29) is 30.5 Å². The van der Waals surface area contributed by atoms with Crippen molar-refractivity contribution in [3.63, 3.8) is 0 Å². The second kappa shape index (κ2) is 7.76. The summed E-state index contributed by atoms with van der Waals surface area (Å²) in [6.45, 7) is 0.859. The molecule has 1 aliphatic carbocycles. The van der Waals surface area contributed by atoms with Gasteiger partial charge in [0.25, 0.3) is 0 Å². The molecule has 0 amide bonds. The third-order valence-corrected chi connectivity index (χ3v) is 6.06. The van der Waals surface area contributed by atoms with Crippen molar-refractivity contribution in [2.24, 2.45) is 5.92 Å². The molecule has 1 saturated carbocycles. The average Bonchev–Trinajstić information content (AvgIpc) is 3.11. The van der Waals surface area contributed by atoms with Crippen LogP contribution in [0.1, 0.15) is 47.9 Å². The van der Waals surface area contributed by atoms with Crippen molar-refractivity contribution in [1.82, 2.24) is 5.32 Å². The van der Waals surface area contributed by atoms with E-state index >= 15 is 0 Å². The molecule has 3 nitrogen and oxygen atoms in total. The lowest BCUT2D eigenvalue weighted by molar-refractivity contribution is -0.137. The van der Waals surface area contributed by atoms with E-state index in [0.29, 0.717) is 6.42 Å². The first-order chi connectivity index (χ1) is 13.5. The summed E-state index contributed by atoms with van der Waals surface area (Å²) in [7, 11) is 0. The van der Waals surface area contributed by atoms with Crippen molar-refractivity contribution in [3.05, 3.63) is 65.2 Å². The fourth-order valence-corrected chi connectivity index (χ4v) is 4.79. The maximum atomic E-state index is 13.3. The number of fused-ring (bicyclic) bond motifs is 3. The Morgan fingerprint density at radius 2 is 1.86 bits per heavy atom. The van der Waals surface area contributed by atoms with E-state index in [9.17, 15) is 13.2 Å². The molecule has 0 aromatic heterocycles. The molecule has 6 heteroatoms. The highest BCUT2D eigenvalue weighted by Gasteiger charge is 2.45. The Labute approximate surface area is 163 Å². The molecule has 2 aliphatic rings. The van der Waals surface area contributed by atoms with Crippen LogP contribution in [0.3, 0.4) is 0 Å². The van der Waals surface area contributed by atoms with Crippen LogP contribution in [0, 0.1) is 5.92 Å². The monoisotopic (exact) mass is 390 g/mol. The van der Waals surface area contributed by atoms with Crippen LogP contribution in [0.15, 0.2) is 48.5 Å². The number of hydrogen-bond donors (Lipinski definition) is 3. The number of nitrogens with one attached hydrogen (secondary N) is 2. The van der Waals surface area contributed by atoms with Gasteiger partial charge in [0.1, 0.15) is 0 Å². The third-order valence-electron chi connectivity index (χ3n) is 6.06. The maximum absolute atomic E-state index is 13.3. The molecular formula is C22H25F3N2O. The van der Waals surface area contributed by atoms with Gasteiger partial charge in [0.05, 0.1) is 11.6 Å². The zero-order valence-electron chi connectivity index (χ0n) is 15.5. The number of aliphatic hydroxyl groups excluding tert-OH is 1. The van der Waals surface area contributed by atoms with Crippen LogP contribution in [0.25, 0.3) is 0 Å². The Morgan fingerprint density at radius 3 is 2.57 bits per heavy atom. The van der Waals surface area contributed by atoms with Crippen molar-refractivity contribution in [2.75, 3.05) is 18.5 Å². The Bertz CT molecular complexity index is 809. The highest BCUT2D eigenvalue weighted by Crippen LogP contribution is 2.53. The summed E-state index contributed by atoms with van der Waals surface area (Å²) in [5.74, 6) is 0.306. The van der Waals surface area contributed by atoms with Crippen LogP contribution in [0.5, 0.6) is 0 Å². The summed E-state index contributed by atoms with van der Waals surface area (Å²) < 4.78 is 39.8. The predicted octanol–water partition coefficient (Wildman–Crippen LogP) is 4.71.